The minimum absolute atomic E-state index is 0.131. The van der Waals surface area contributed by atoms with Gasteiger partial charge < -0.3 is 25.6 Å². The fraction of sp³-hybridized carbons (Fsp3) is 0.217. The van der Waals surface area contributed by atoms with Crippen LogP contribution >= 0.6 is 23.1 Å². The van der Waals surface area contributed by atoms with E-state index in [-0.39, 0.29) is 13.0 Å². The molecular weight excluding hydrogens is 474 g/mol. The molecule has 2 aromatic heterocycles. The van der Waals surface area contributed by atoms with Gasteiger partial charge in [-0.25, -0.2) is 19.7 Å². The molecule has 0 saturated carbocycles. The molecule has 0 radical (unpaired) electrons. The Morgan fingerprint density at radius 1 is 1.15 bits per heavy atom. The molecule has 0 spiro atoms. The van der Waals surface area contributed by atoms with Crippen molar-refractivity contribution in [3.05, 3.63) is 60.2 Å². The average molecular weight is 496 g/mol. The van der Waals surface area contributed by atoms with Gasteiger partial charge in [0.2, 0.25) is 0 Å². The molecular formula is C23H21N5O4S2. The Bertz CT molecular complexity index is 1330. The zero-order chi connectivity index (χ0) is 23.7. The summed E-state index contributed by atoms with van der Waals surface area (Å²) in [4.78, 5) is 26.9. The fourth-order valence-corrected chi connectivity index (χ4v) is 5.37. The summed E-state index contributed by atoms with van der Waals surface area (Å²) in [6.07, 6.45) is -0.619. The maximum atomic E-state index is 11.8. The Morgan fingerprint density at radius 2 is 1.94 bits per heavy atom. The number of hydrogen-bond acceptors (Lipinski definition) is 10. The van der Waals surface area contributed by atoms with Gasteiger partial charge in [0, 0.05) is 18.7 Å². The third kappa shape index (κ3) is 4.76. The van der Waals surface area contributed by atoms with E-state index in [0.717, 1.165) is 17.1 Å². The summed E-state index contributed by atoms with van der Waals surface area (Å²) in [5, 5.41) is 20.5. The van der Waals surface area contributed by atoms with E-state index in [1.54, 1.807) is 4.90 Å². The van der Waals surface area contributed by atoms with Crippen molar-refractivity contribution in [1.82, 2.24) is 15.0 Å². The number of para-hydroxylation sites is 1. The van der Waals surface area contributed by atoms with Crippen LogP contribution in [0.1, 0.15) is 12.0 Å². The van der Waals surface area contributed by atoms with Gasteiger partial charge in [0.25, 0.3) is 0 Å². The largest absolute Gasteiger partial charge is 0.480 e. The Morgan fingerprint density at radius 3 is 2.74 bits per heavy atom. The Hall–Kier alpha value is -3.41. The number of ether oxygens (including phenoxy) is 1. The van der Waals surface area contributed by atoms with Crippen LogP contribution in [0.2, 0.25) is 0 Å². The Balaban J connectivity index is 1.40. The highest BCUT2D eigenvalue weighted by molar-refractivity contribution is 7.98. The van der Waals surface area contributed by atoms with Crippen LogP contribution in [0, 0.1) is 0 Å². The van der Waals surface area contributed by atoms with Gasteiger partial charge in [-0.1, -0.05) is 53.4 Å². The number of carboxylic acid groups (broad SMARTS) is 1. The highest BCUT2D eigenvalue weighted by Crippen LogP contribution is 2.37. The van der Waals surface area contributed by atoms with Crippen molar-refractivity contribution in [3.63, 3.8) is 0 Å². The monoisotopic (exact) mass is 495 g/mol. The third-order valence-electron chi connectivity index (χ3n) is 5.31. The van der Waals surface area contributed by atoms with Crippen LogP contribution in [-0.2, 0) is 10.5 Å². The number of aliphatic hydroxyl groups is 1. The van der Waals surface area contributed by atoms with Crippen LogP contribution in [0.5, 0.6) is 11.5 Å². The molecule has 4 N–H and O–H groups in total. The molecule has 2 atom stereocenters. The highest BCUT2D eigenvalue weighted by Gasteiger charge is 2.38. The first-order valence-electron chi connectivity index (χ1n) is 10.5. The number of fused-ring (bicyclic) bond motifs is 1. The smallest absolute Gasteiger partial charge is 0.326 e. The highest BCUT2D eigenvalue weighted by atomic mass is 32.2. The van der Waals surface area contributed by atoms with E-state index in [1.807, 2.05) is 54.6 Å². The van der Waals surface area contributed by atoms with E-state index < -0.39 is 18.1 Å². The molecule has 1 saturated heterocycles. The maximum Gasteiger partial charge on any atom is 0.326 e. The molecule has 1 aliphatic heterocycles. The molecule has 1 aliphatic rings. The van der Waals surface area contributed by atoms with Gasteiger partial charge in [-0.15, -0.1) is 0 Å². The predicted molar refractivity (Wildman–Crippen MR) is 132 cm³/mol. The number of hydrogen-bond donors (Lipinski definition) is 3. The summed E-state index contributed by atoms with van der Waals surface area (Å²) < 4.78 is 6.52. The molecule has 5 rings (SSSR count). The first-order valence-corrected chi connectivity index (χ1v) is 12.3. The minimum atomic E-state index is -1.01. The maximum absolute atomic E-state index is 11.8. The van der Waals surface area contributed by atoms with Crippen molar-refractivity contribution >= 4 is 50.4 Å². The Labute approximate surface area is 203 Å². The van der Waals surface area contributed by atoms with Crippen molar-refractivity contribution in [2.75, 3.05) is 17.2 Å². The van der Waals surface area contributed by atoms with Crippen LogP contribution in [0.25, 0.3) is 10.3 Å². The van der Waals surface area contributed by atoms with Crippen molar-refractivity contribution < 1.29 is 19.7 Å². The summed E-state index contributed by atoms with van der Waals surface area (Å²) in [5.74, 6) is 1.48. The number of aliphatic hydroxyl groups excluding tert-OH is 1. The number of carboxylic acids is 1. The van der Waals surface area contributed by atoms with Gasteiger partial charge in [0.15, 0.2) is 21.8 Å². The summed E-state index contributed by atoms with van der Waals surface area (Å²) in [5.41, 5.74) is 7.34. The van der Waals surface area contributed by atoms with Crippen molar-refractivity contribution in [3.8, 4) is 11.5 Å². The van der Waals surface area contributed by atoms with E-state index in [4.69, 9.17) is 10.5 Å². The van der Waals surface area contributed by atoms with Crippen molar-refractivity contribution in [2.24, 2.45) is 0 Å². The summed E-state index contributed by atoms with van der Waals surface area (Å²) in [6, 6.07) is 16.4. The second kappa shape index (κ2) is 9.45. The summed E-state index contributed by atoms with van der Waals surface area (Å²) >= 11 is 2.61. The van der Waals surface area contributed by atoms with Gasteiger partial charge in [-0.2, -0.15) is 0 Å². The topological polar surface area (TPSA) is 135 Å². The lowest BCUT2D eigenvalue weighted by atomic mass is 10.2. The van der Waals surface area contributed by atoms with Gasteiger partial charge in [-0.3, -0.25) is 0 Å². The van der Waals surface area contributed by atoms with Gasteiger partial charge in [-0.05, 0) is 29.8 Å². The standard InChI is InChI=1S/C23H21N5O4S2/c24-22-25-19-18(34-22)20(28-11-14(29)10-17(28)21(30)31)27-23(26-19)33-12-13-5-4-8-16(9-13)32-15-6-2-1-3-7-15/h1-9,14,17,29H,10-12H2,(H,30,31)(H2,24,25,26,27)/t14-,17+/m1/s1. The molecule has 174 valence electrons. The number of β-amino-alcohol motifs (C(OH)–C–C–N with tert-alkyl or cyclic N) is 1. The van der Waals surface area contributed by atoms with E-state index >= 15 is 0 Å². The molecule has 34 heavy (non-hydrogen) atoms. The van der Waals surface area contributed by atoms with Crippen LogP contribution in [-0.4, -0.2) is 49.8 Å². The molecule has 3 heterocycles. The number of anilines is 2. The fourth-order valence-electron chi connectivity index (χ4n) is 3.82. The van der Waals surface area contributed by atoms with E-state index in [2.05, 4.69) is 15.0 Å². The number of aromatic nitrogens is 3. The van der Waals surface area contributed by atoms with Crippen molar-refractivity contribution in [2.45, 2.75) is 29.5 Å². The summed E-state index contributed by atoms with van der Waals surface area (Å²) in [6.45, 7) is 0.170. The van der Waals surface area contributed by atoms with Gasteiger partial charge in [0.1, 0.15) is 22.2 Å². The minimum Gasteiger partial charge on any atom is -0.480 e. The average Bonchev–Trinajstić information content (AvgIpc) is 3.40. The number of thiazole rings is 1. The number of aliphatic carboxylic acids is 1. The zero-order valence-electron chi connectivity index (χ0n) is 17.9. The van der Waals surface area contributed by atoms with E-state index in [1.165, 1.54) is 23.1 Å². The molecule has 0 unspecified atom stereocenters. The lowest BCUT2D eigenvalue weighted by Crippen LogP contribution is -2.36. The zero-order valence-corrected chi connectivity index (χ0v) is 19.5. The molecule has 0 aliphatic carbocycles. The number of nitrogen functional groups attached to an aromatic ring is 1. The van der Waals surface area contributed by atoms with Crippen LogP contribution < -0.4 is 15.4 Å². The number of benzene rings is 2. The predicted octanol–water partition coefficient (Wildman–Crippen LogP) is 3.78. The second-order valence-electron chi connectivity index (χ2n) is 7.78. The molecule has 1 fully saturated rings. The van der Waals surface area contributed by atoms with Gasteiger partial charge in [0.05, 0.1) is 6.10 Å². The first kappa shape index (κ1) is 22.4. The van der Waals surface area contributed by atoms with E-state index in [9.17, 15) is 15.0 Å². The lowest BCUT2D eigenvalue weighted by Gasteiger charge is -2.22. The van der Waals surface area contributed by atoms with E-state index in [0.29, 0.717) is 32.2 Å². The first-order chi connectivity index (χ1) is 16.5. The van der Waals surface area contributed by atoms with Gasteiger partial charge >= 0.3 is 5.97 Å². The van der Waals surface area contributed by atoms with Crippen LogP contribution in [0.4, 0.5) is 10.9 Å². The van der Waals surface area contributed by atoms with Crippen LogP contribution in [0.15, 0.2) is 59.8 Å². The number of rotatable bonds is 7. The quantitative estimate of drug-likeness (QED) is 0.257. The van der Waals surface area contributed by atoms with Crippen LogP contribution in [0.3, 0.4) is 0 Å². The normalized spacial score (nSPS) is 17.9. The molecule has 9 nitrogen and oxygen atoms in total. The molecule has 0 amide bonds. The number of nitrogens with two attached hydrogens (primary N) is 1. The molecule has 11 heteroatoms. The Kier molecular flexibility index (Phi) is 6.22. The molecule has 4 aromatic rings. The number of carbonyl (C=O) groups is 1. The SMILES string of the molecule is Nc1nc2nc(SCc3cccc(Oc4ccccc4)c3)nc(N3C[C@H](O)C[C@H]3C(=O)O)c2s1. The number of nitrogens with zero attached hydrogens (tertiary/aromatic N) is 4. The molecule has 2 aromatic carbocycles. The summed E-state index contributed by atoms with van der Waals surface area (Å²) in [7, 11) is 0. The van der Waals surface area contributed by atoms with Crippen molar-refractivity contribution in [1.29, 1.82) is 0 Å². The third-order valence-corrected chi connectivity index (χ3v) is 7.10. The second-order valence-corrected chi connectivity index (χ2v) is 9.75. The number of thioether (sulfide) groups is 1. The molecule has 0 bridgehead atoms. The lowest BCUT2D eigenvalue weighted by molar-refractivity contribution is -0.138.